The Hall–Kier alpha value is -1.38. The number of Topliss-reactive ketones (excluding diaryl/α,β-unsaturated/α-hetero) is 2. The first kappa shape index (κ1) is 11.7. The van der Waals surface area contributed by atoms with Crippen LogP contribution in [0.3, 0.4) is 0 Å². The Labute approximate surface area is 89.5 Å². The van der Waals surface area contributed by atoms with E-state index in [-0.39, 0.29) is 23.2 Å². The Balaban J connectivity index is 3.20. The highest BCUT2D eigenvalue weighted by atomic mass is 16.3. The molecule has 15 heavy (non-hydrogen) atoms. The van der Waals surface area contributed by atoms with Gasteiger partial charge in [0.25, 0.3) is 0 Å². The van der Waals surface area contributed by atoms with Crippen LogP contribution >= 0.6 is 0 Å². The summed E-state index contributed by atoms with van der Waals surface area (Å²) in [6.45, 7) is 6.96. The maximum atomic E-state index is 11.8. The second kappa shape index (κ2) is 4.43. The normalized spacial score (nSPS) is 10.7. The van der Waals surface area contributed by atoms with E-state index in [1.54, 1.807) is 6.07 Å². The Morgan fingerprint density at radius 2 is 2.00 bits per heavy atom. The summed E-state index contributed by atoms with van der Waals surface area (Å²) in [6, 6.07) is 1.68. The number of hydrogen-bond donors (Lipinski definition) is 0. The number of furan rings is 1. The second-order valence-corrected chi connectivity index (χ2v) is 3.88. The molecule has 3 heteroatoms. The van der Waals surface area contributed by atoms with Crippen LogP contribution in [0.15, 0.2) is 10.5 Å². The molecule has 1 heterocycles. The number of ketones is 2. The van der Waals surface area contributed by atoms with E-state index in [4.69, 9.17) is 4.42 Å². The molecule has 0 saturated carbocycles. The lowest BCUT2D eigenvalue weighted by atomic mass is 10.00. The van der Waals surface area contributed by atoms with Crippen LogP contribution in [0.25, 0.3) is 0 Å². The van der Waals surface area contributed by atoms with Crippen LogP contribution in [-0.4, -0.2) is 11.6 Å². The molecule has 1 aromatic rings. The van der Waals surface area contributed by atoms with Gasteiger partial charge in [0.05, 0.1) is 5.56 Å². The van der Waals surface area contributed by atoms with Crippen LogP contribution in [0.5, 0.6) is 0 Å². The fourth-order valence-electron chi connectivity index (χ4n) is 1.37. The van der Waals surface area contributed by atoms with Crippen molar-refractivity contribution < 1.29 is 14.0 Å². The van der Waals surface area contributed by atoms with Crippen LogP contribution in [0.2, 0.25) is 0 Å². The van der Waals surface area contributed by atoms with Crippen molar-refractivity contribution >= 4 is 11.6 Å². The number of carbonyl (C=O) groups excluding carboxylic acids is 2. The molecule has 82 valence electrons. The van der Waals surface area contributed by atoms with E-state index in [0.29, 0.717) is 17.7 Å². The van der Waals surface area contributed by atoms with Crippen LogP contribution < -0.4 is 0 Å². The van der Waals surface area contributed by atoms with Crippen molar-refractivity contribution in [2.45, 2.75) is 34.1 Å². The highest BCUT2D eigenvalue weighted by Crippen LogP contribution is 2.20. The van der Waals surface area contributed by atoms with Crippen LogP contribution in [0.4, 0.5) is 0 Å². The Morgan fingerprint density at radius 1 is 1.40 bits per heavy atom. The van der Waals surface area contributed by atoms with Crippen molar-refractivity contribution in [3.63, 3.8) is 0 Å². The van der Waals surface area contributed by atoms with Crippen LogP contribution in [-0.2, 0) is 6.42 Å². The summed E-state index contributed by atoms with van der Waals surface area (Å²) in [5, 5.41) is 0. The first-order valence-corrected chi connectivity index (χ1v) is 5.15. The number of carbonyl (C=O) groups is 2. The highest BCUT2D eigenvalue weighted by molar-refractivity contribution is 6.07. The standard InChI is InChI=1S/C12H16O3/c1-5-9-6-10(11(14)7(2)3)12(15-9)8(4)13/h6-7H,5H2,1-4H3. The van der Waals surface area contributed by atoms with E-state index in [2.05, 4.69) is 0 Å². The van der Waals surface area contributed by atoms with E-state index in [0.717, 1.165) is 0 Å². The molecule has 3 nitrogen and oxygen atoms in total. The topological polar surface area (TPSA) is 47.3 Å². The van der Waals surface area contributed by atoms with Crippen LogP contribution in [0.1, 0.15) is 54.4 Å². The lowest BCUT2D eigenvalue weighted by Gasteiger charge is -2.01. The van der Waals surface area contributed by atoms with Gasteiger partial charge < -0.3 is 4.42 Å². The predicted molar refractivity (Wildman–Crippen MR) is 57.3 cm³/mol. The molecule has 0 bridgehead atoms. The quantitative estimate of drug-likeness (QED) is 0.715. The van der Waals surface area contributed by atoms with Crippen molar-refractivity contribution in [3.8, 4) is 0 Å². The van der Waals surface area contributed by atoms with Gasteiger partial charge in [-0.1, -0.05) is 20.8 Å². The van der Waals surface area contributed by atoms with Crippen molar-refractivity contribution in [2.24, 2.45) is 5.92 Å². The van der Waals surface area contributed by atoms with E-state index >= 15 is 0 Å². The summed E-state index contributed by atoms with van der Waals surface area (Å²) in [5.74, 6) is 0.530. The molecule has 0 radical (unpaired) electrons. The first-order chi connectivity index (χ1) is 6.97. The van der Waals surface area contributed by atoms with Crippen molar-refractivity contribution in [3.05, 3.63) is 23.2 Å². The Morgan fingerprint density at radius 3 is 2.40 bits per heavy atom. The van der Waals surface area contributed by atoms with Gasteiger partial charge >= 0.3 is 0 Å². The predicted octanol–water partition coefficient (Wildman–Crippen LogP) is 2.88. The number of rotatable bonds is 4. The molecule has 0 atom stereocenters. The van der Waals surface area contributed by atoms with Gasteiger partial charge in [-0.3, -0.25) is 9.59 Å². The van der Waals surface area contributed by atoms with Crippen molar-refractivity contribution in [1.82, 2.24) is 0 Å². The summed E-state index contributed by atoms with van der Waals surface area (Å²) in [7, 11) is 0. The van der Waals surface area contributed by atoms with Gasteiger partial charge in [-0.15, -0.1) is 0 Å². The molecule has 0 amide bonds. The molecule has 0 aliphatic rings. The third kappa shape index (κ3) is 2.35. The summed E-state index contributed by atoms with van der Waals surface area (Å²) in [4.78, 5) is 23.1. The monoisotopic (exact) mass is 208 g/mol. The van der Waals surface area contributed by atoms with Crippen LogP contribution in [0, 0.1) is 5.92 Å². The lowest BCUT2D eigenvalue weighted by molar-refractivity contribution is 0.0918. The van der Waals surface area contributed by atoms with Crippen molar-refractivity contribution in [1.29, 1.82) is 0 Å². The zero-order chi connectivity index (χ0) is 11.6. The molecule has 1 rings (SSSR count). The Kier molecular flexibility index (Phi) is 3.45. The highest BCUT2D eigenvalue weighted by Gasteiger charge is 2.22. The molecule has 0 N–H and O–H groups in total. The molecule has 0 fully saturated rings. The first-order valence-electron chi connectivity index (χ1n) is 5.15. The van der Waals surface area contributed by atoms with Gasteiger partial charge in [0.1, 0.15) is 5.76 Å². The fraction of sp³-hybridized carbons (Fsp3) is 0.500. The SMILES string of the molecule is CCc1cc(C(=O)C(C)C)c(C(C)=O)o1. The van der Waals surface area contributed by atoms with Gasteiger partial charge in [0.2, 0.25) is 0 Å². The van der Waals surface area contributed by atoms with Crippen molar-refractivity contribution in [2.75, 3.05) is 0 Å². The molecular weight excluding hydrogens is 192 g/mol. The third-order valence-corrected chi connectivity index (χ3v) is 2.24. The largest absolute Gasteiger partial charge is 0.457 e. The molecule has 0 aliphatic carbocycles. The minimum atomic E-state index is -0.196. The van der Waals surface area contributed by atoms with E-state index in [1.807, 2.05) is 20.8 Å². The molecule has 0 spiro atoms. The molecule has 0 unspecified atom stereocenters. The summed E-state index contributed by atoms with van der Waals surface area (Å²) < 4.78 is 5.33. The zero-order valence-corrected chi connectivity index (χ0v) is 9.59. The minimum absolute atomic E-state index is 0.0383. The zero-order valence-electron chi connectivity index (χ0n) is 9.59. The van der Waals surface area contributed by atoms with Gasteiger partial charge in [-0.2, -0.15) is 0 Å². The molecular formula is C12H16O3. The maximum Gasteiger partial charge on any atom is 0.195 e. The maximum absolute atomic E-state index is 11.8. The van der Waals surface area contributed by atoms with E-state index < -0.39 is 0 Å². The van der Waals surface area contributed by atoms with E-state index in [1.165, 1.54) is 6.92 Å². The minimum Gasteiger partial charge on any atom is -0.457 e. The van der Waals surface area contributed by atoms with Gasteiger partial charge in [-0.25, -0.2) is 0 Å². The average molecular weight is 208 g/mol. The second-order valence-electron chi connectivity index (χ2n) is 3.88. The number of aryl methyl sites for hydroxylation is 1. The van der Waals surface area contributed by atoms with Gasteiger partial charge in [0.15, 0.2) is 17.3 Å². The average Bonchev–Trinajstić information content (AvgIpc) is 2.60. The number of hydrogen-bond acceptors (Lipinski definition) is 3. The smallest absolute Gasteiger partial charge is 0.195 e. The molecule has 0 aliphatic heterocycles. The fourth-order valence-corrected chi connectivity index (χ4v) is 1.37. The summed E-state index contributed by atoms with van der Waals surface area (Å²) in [5.41, 5.74) is 0.425. The molecule has 0 aromatic carbocycles. The van der Waals surface area contributed by atoms with E-state index in [9.17, 15) is 9.59 Å². The lowest BCUT2D eigenvalue weighted by Crippen LogP contribution is -2.10. The summed E-state index contributed by atoms with van der Waals surface area (Å²) in [6.07, 6.45) is 0.686. The van der Waals surface area contributed by atoms with Gasteiger partial charge in [0, 0.05) is 19.3 Å². The summed E-state index contributed by atoms with van der Waals surface area (Å²) >= 11 is 0. The molecule has 1 aromatic heterocycles. The van der Waals surface area contributed by atoms with Gasteiger partial charge in [-0.05, 0) is 6.07 Å². The Bertz CT molecular complexity index is 386. The molecule has 0 saturated heterocycles. The third-order valence-electron chi connectivity index (χ3n) is 2.24.